The number of nitrogens with one attached hydrogen (secondary N) is 2. The number of ether oxygens (including phenoxy) is 1. The number of nitrogen functional groups attached to an aromatic ring is 1. The molecule has 4 rings (SSSR count). The highest BCUT2D eigenvalue weighted by Gasteiger charge is 2.37. The van der Waals surface area contributed by atoms with E-state index in [1.54, 1.807) is 0 Å². The van der Waals surface area contributed by atoms with Gasteiger partial charge in [-0.1, -0.05) is 0 Å². The normalized spacial score (nSPS) is 29.1. The van der Waals surface area contributed by atoms with Gasteiger partial charge in [-0.05, 0) is 24.8 Å². The van der Waals surface area contributed by atoms with Crippen LogP contribution in [0.3, 0.4) is 0 Å². The summed E-state index contributed by atoms with van der Waals surface area (Å²) in [6, 6.07) is 0. The maximum atomic E-state index is 12.6. The number of hydrogen-bond donors (Lipinski definition) is 6. The molecule has 11 heteroatoms. The fourth-order valence-electron chi connectivity index (χ4n) is 3.21. The van der Waals surface area contributed by atoms with E-state index >= 15 is 0 Å². The quantitative estimate of drug-likeness (QED) is 0.267. The van der Waals surface area contributed by atoms with Crippen molar-refractivity contribution in [3.05, 3.63) is 20.8 Å². The molecule has 1 aliphatic heterocycles. The molecule has 0 spiro atoms. The summed E-state index contributed by atoms with van der Waals surface area (Å²) < 4.78 is 6.12. The van der Waals surface area contributed by atoms with E-state index in [-0.39, 0.29) is 18.1 Å². The lowest BCUT2D eigenvalue weighted by molar-refractivity contribution is -0.193. The first-order valence-electron chi connectivity index (χ1n) is 7.97. The van der Waals surface area contributed by atoms with Crippen LogP contribution in [0.1, 0.15) is 16.9 Å². The van der Waals surface area contributed by atoms with Crippen LogP contribution in [0, 0.1) is 0 Å². The Morgan fingerprint density at radius 3 is 2.88 bits per heavy atom. The first-order valence-corrected chi connectivity index (χ1v) is 8.78. The SMILES string of the molecule is Nn1c(NNC2OC[C@@H](O)[C@@H](O)[C@@H]2O)nc2sc3c(c2c1=O)CCC3. The number of aliphatic hydroxyl groups is 3. The number of aromatic nitrogens is 2. The molecule has 0 radical (unpaired) electrons. The van der Waals surface area contributed by atoms with Crippen molar-refractivity contribution in [3.63, 3.8) is 0 Å². The van der Waals surface area contributed by atoms with Gasteiger partial charge in [0.2, 0.25) is 5.95 Å². The zero-order valence-electron chi connectivity index (χ0n) is 13.2. The number of hydrazine groups is 1. The highest BCUT2D eigenvalue weighted by atomic mass is 32.1. The van der Waals surface area contributed by atoms with Gasteiger partial charge in [0, 0.05) is 4.88 Å². The van der Waals surface area contributed by atoms with E-state index in [1.165, 1.54) is 16.2 Å². The van der Waals surface area contributed by atoms with Crippen LogP contribution in [0.5, 0.6) is 0 Å². The zero-order chi connectivity index (χ0) is 17.7. The fourth-order valence-corrected chi connectivity index (χ4v) is 4.46. The highest BCUT2D eigenvalue weighted by molar-refractivity contribution is 7.18. The molecular weight excluding hydrogens is 350 g/mol. The molecule has 1 saturated heterocycles. The molecule has 1 unspecified atom stereocenters. The summed E-state index contributed by atoms with van der Waals surface area (Å²) in [6.07, 6.45) is -2.02. The van der Waals surface area contributed by atoms with Crippen LogP contribution in [0.25, 0.3) is 10.2 Å². The molecule has 3 heterocycles. The van der Waals surface area contributed by atoms with Crippen molar-refractivity contribution in [3.8, 4) is 0 Å². The second-order valence-corrected chi connectivity index (χ2v) is 7.30. The molecule has 2 aromatic heterocycles. The number of aliphatic hydroxyl groups excluding tert-OH is 3. The van der Waals surface area contributed by atoms with Gasteiger partial charge in [0.25, 0.3) is 5.56 Å². The lowest BCUT2D eigenvalue weighted by Crippen LogP contribution is -2.59. The maximum absolute atomic E-state index is 12.6. The Morgan fingerprint density at radius 1 is 1.28 bits per heavy atom. The molecule has 0 bridgehead atoms. The first-order chi connectivity index (χ1) is 12.0. The van der Waals surface area contributed by atoms with Crippen molar-refractivity contribution in [2.45, 2.75) is 43.8 Å². The van der Waals surface area contributed by atoms with Crippen LogP contribution in [0.2, 0.25) is 0 Å². The number of nitrogens with zero attached hydrogens (tertiary/aromatic N) is 2. The summed E-state index contributed by atoms with van der Waals surface area (Å²) in [4.78, 5) is 18.7. The molecule has 2 aromatic rings. The summed E-state index contributed by atoms with van der Waals surface area (Å²) in [6.45, 7) is -0.142. The number of nitrogens with two attached hydrogens (primary N) is 1. The van der Waals surface area contributed by atoms with E-state index in [1.807, 2.05) is 0 Å². The average Bonchev–Trinajstić information content (AvgIpc) is 3.16. The molecule has 1 aliphatic carbocycles. The van der Waals surface area contributed by atoms with E-state index in [4.69, 9.17) is 10.6 Å². The molecular formula is C14H19N5O5S. The lowest BCUT2D eigenvalue weighted by Gasteiger charge is -2.35. The summed E-state index contributed by atoms with van der Waals surface area (Å²) in [5, 5.41) is 29.6. The van der Waals surface area contributed by atoms with Gasteiger partial charge in [0.05, 0.1) is 12.0 Å². The minimum absolute atomic E-state index is 0.0637. The van der Waals surface area contributed by atoms with Crippen molar-refractivity contribution >= 4 is 27.5 Å². The number of aryl methyl sites for hydroxylation is 2. The Kier molecular flexibility index (Phi) is 4.14. The average molecular weight is 369 g/mol. The van der Waals surface area contributed by atoms with E-state index < -0.39 is 24.5 Å². The maximum Gasteiger partial charge on any atom is 0.282 e. The number of thiophene rings is 1. The Balaban J connectivity index is 1.58. The van der Waals surface area contributed by atoms with Gasteiger partial charge >= 0.3 is 0 Å². The van der Waals surface area contributed by atoms with E-state index in [2.05, 4.69) is 15.8 Å². The standard InChI is InChI=1S/C14H19N5O5S/c15-19-13(23)8-5-2-1-3-7(5)25-12(8)16-14(19)18-17-11-10(22)9(21)6(20)4-24-11/h6,9-11,17,20-22H,1-4,15H2,(H,16,18)/t6-,9-,10+,11?/m1/s1. The number of anilines is 1. The lowest BCUT2D eigenvalue weighted by atomic mass is 10.1. The second-order valence-electron chi connectivity index (χ2n) is 6.22. The van der Waals surface area contributed by atoms with Gasteiger partial charge in [0.1, 0.15) is 23.1 Å². The van der Waals surface area contributed by atoms with Crippen LogP contribution in [-0.4, -0.2) is 56.1 Å². The fraction of sp³-hybridized carbons (Fsp3) is 0.571. The Hall–Kier alpha value is -1.76. The summed E-state index contributed by atoms with van der Waals surface area (Å²) in [7, 11) is 0. The minimum atomic E-state index is -1.36. The Labute approximate surface area is 145 Å². The minimum Gasteiger partial charge on any atom is -0.388 e. The number of fused-ring (bicyclic) bond motifs is 3. The second kappa shape index (κ2) is 6.20. The van der Waals surface area contributed by atoms with Crippen LogP contribution in [-0.2, 0) is 17.6 Å². The van der Waals surface area contributed by atoms with Crippen molar-refractivity contribution < 1.29 is 20.1 Å². The number of hydrogen-bond acceptors (Lipinski definition) is 10. The third-order valence-electron chi connectivity index (χ3n) is 4.60. The third kappa shape index (κ3) is 2.69. The molecule has 7 N–H and O–H groups in total. The molecule has 25 heavy (non-hydrogen) atoms. The van der Waals surface area contributed by atoms with Crippen molar-refractivity contribution in [1.82, 2.24) is 15.1 Å². The van der Waals surface area contributed by atoms with Gasteiger partial charge in [-0.3, -0.25) is 10.2 Å². The van der Waals surface area contributed by atoms with Gasteiger partial charge in [-0.25, -0.2) is 10.4 Å². The van der Waals surface area contributed by atoms with Gasteiger partial charge in [-0.15, -0.1) is 11.3 Å². The van der Waals surface area contributed by atoms with E-state index in [9.17, 15) is 20.1 Å². The smallest absolute Gasteiger partial charge is 0.282 e. The summed E-state index contributed by atoms with van der Waals surface area (Å²) in [5.41, 5.74) is 5.98. The predicted molar refractivity (Wildman–Crippen MR) is 90.6 cm³/mol. The topological polar surface area (TPSA) is 155 Å². The van der Waals surface area contributed by atoms with Crippen molar-refractivity contribution in [2.24, 2.45) is 0 Å². The third-order valence-corrected chi connectivity index (χ3v) is 5.78. The summed E-state index contributed by atoms with van der Waals surface area (Å²) >= 11 is 1.48. The molecule has 1 fully saturated rings. The summed E-state index contributed by atoms with van der Waals surface area (Å²) in [5.74, 6) is 5.92. The molecule has 0 amide bonds. The van der Waals surface area contributed by atoms with Crippen LogP contribution in [0.4, 0.5) is 5.95 Å². The molecule has 2 aliphatic rings. The largest absolute Gasteiger partial charge is 0.388 e. The predicted octanol–water partition coefficient (Wildman–Crippen LogP) is -1.98. The zero-order valence-corrected chi connectivity index (χ0v) is 14.0. The Morgan fingerprint density at radius 2 is 2.08 bits per heavy atom. The van der Waals surface area contributed by atoms with Crippen molar-refractivity contribution in [2.75, 3.05) is 17.9 Å². The van der Waals surface area contributed by atoms with Gasteiger partial charge < -0.3 is 25.9 Å². The Bertz CT molecular complexity index is 867. The first kappa shape index (κ1) is 16.7. The number of rotatable bonds is 3. The monoisotopic (exact) mass is 369 g/mol. The van der Waals surface area contributed by atoms with Gasteiger partial charge in [0.15, 0.2) is 6.23 Å². The molecule has 4 atom stereocenters. The molecule has 0 saturated carbocycles. The van der Waals surface area contributed by atoms with Crippen LogP contribution >= 0.6 is 11.3 Å². The van der Waals surface area contributed by atoms with Gasteiger partial charge in [-0.2, -0.15) is 4.68 Å². The van der Waals surface area contributed by atoms with Crippen LogP contribution < -0.4 is 22.3 Å². The molecule has 10 nitrogen and oxygen atoms in total. The molecule has 136 valence electrons. The van der Waals surface area contributed by atoms with Crippen LogP contribution in [0.15, 0.2) is 4.79 Å². The van der Waals surface area contributed by atoms with E-state index in [0.717, 1.165) is 29.5 Å². The molecule has 0 aromatic carbocycles. The van der Waals surface area contributed by atoms with Crippen molar-refractivity contribution in [1.29, 1.82) is 0 Å². The highest BCUT2D eigenvalue weighted by Crippen LogP contribution is 2.34. The van der Waals surface area contributed by atoms with E-state index in [0.29, 0.717) is 10.2 Å².